The molecule has 1 aromatic rings. The van der Waals surface area contributed by atoms with Crippen molar-refractivity contribution in [3.05, 3.63) is 29.8 Å². The van der Waals surface area contributed by atoms with Crippen LogP contribution in [0.15, 0.2) is 24.3 Å². The number of methoxy groups -OCH3 is 1. The normalized spacial score (nSPS) is 12.7. The molecular weight excluding hydrogens is 230 g/mol. The van der Waals surface area contributed by atoms with Crippen LogP contribution >= 0.6 is 0 Å². The summed E-state index contributed by atoms with van der Waals surface area (Å²) in [5, 5.41) is 0. The van der Waals surface area contributed by atoms with Gasteiger partial charge in [-0.15, -0.1) is 0 Å². The Morgan fingerprint density at radius 1 is 1.11 bits per heavy atom. The average Bonchev–Trinajstić information content (AvgIpc) is 2.38. The number of ether oxygens (including phenoxy) is 3. The molecule has 0 saturated carbocycles. The van der Waals surface area contributed by atoms with E-state index in [9.17, 15) is 0 Å². The van der Waals surface area contributed by atoms with E-state index in [-0.39, 0.29) is 12.1 Å². The van der Waals surface area contributed by atoms with Gasteiger partial charge in [0.05, 0.1) is 39.1 Å². The third-order valence-corrected chi connectivity index (χ3v) is 2.52. The first-order valence-electron chi connectivity index (χ1n) is 6.22. The Kier molecular flexibility index (Phi) is 6.72. The zero-order valence-corrected chi connectivity index (χ0v) is 11.4. The second-order valence-electron chi connectivity index (χ2n) is 4.37. The molecule has 102 valence electrons. The Morgan fingerprint density at radius 3 is 2.33 bits per heavy atom. The van der Waals surface area contributed by atoms with Crippen LogP contribution in [-0.2, 0) is 9.47 Å². The molecule has 1 unspecified atom stereocenters. The predicted octanol–water partition coefficient (Wildman–Crippen LogP) is 2.14. The van der Waals surface area contributed by atoms with Gasteiger partial charge in [-0.2, -0.15) is 0 Å². The van der Waals surface area contributed by atoms with E-state index in [1.54, 1.807) is 7.11 Å². The molecule has 0 radical (unpaired) electrons. The minimum absolute atomic E-state index is 0.116. The van der Waals surface area contributed by atoms with E-state index in [1.165, 1.54) is 0 Å². The minimum Gasteiger partial charge on any atom is -0.497 e. The Balaban J connectivity index is 2.25. The van der Waals surface area contributed by atoms with E-state index in [0.717, 1.165) is 11.3 Å². The summed E-state index contributed by atoms with van der Waals surface area (Å²) in [6, 6.07) is 7.60. The molecule has 1 atom stereocenters. The zero-order chi connectivity index (χ0) is 13.4. The lowest BCUT2D eigenvalue weighted by Crippen LogP contribution is -2.19. The maximum atomic E-state index is 6.02. The molecule has 0 heterocycles. The maximum absolute atomic E-state index is 6.02. The number of benzene rings is 1. The third-order valence-electron chi connectivity index (χ3n) is 2.52. The Bertz CT molecular complexity index is 324. The quantitative estimate of drug-likeness (QED) is 0.721. The fraction of sp³-hybridized carbons (Fsp3) is 0.571. The second-order valence-corrected chi connectivity index (χ2v) is 4.37. The topological polar surface area (TPSA) is 53.7 Å². The first-order valence-corrected chi connectivity index (χ1v) is 6.22. The van der Waals surface area contributed by atoms with Gasteiger partial charge < -0.3 is 19.9 Å². The van der Waals surface area contributed by atoms with E-state index < -0.39 is 0 Å². The van der Waals surface area contributed by atoms with Gasteiger partial charge in [0.25, 0.3) is 0 Å². The van der Waals surface area contributed by atoms with Crippen molar-refractivity contribution in [2.24, 2.45) is 5.73 Å². The zero-order valence-electron chi connectivity index (χ0n) is 11.4. The van der Waals surface area contributed by atoms with Gasteiger partial charge >= 0.3 is 0 Å². The van der Waals surface area contributed by atoms with Crippen LogP contribution in [0, 0.1) is 0 Å². The molecule has 0 aromatic heterocycles. The monoisotopic (exact) mass is 253 g/mol. The van der Waals surface area contributed by atoms with Crippen LogP contribution in [0.2, 0.25) is 0 Å². The molecule has 18 heavy (non-hydrogen) atoms. The Hall–Kier alpha value is -1.10. The lowest BCUT2D eigenvalue weighted by Gasteiger charge is -2.14. The molecule has 0 amide bonds. The van der Waals surface area contributed by atoms with Gasteiger partial charge in [-0.05, 0) is 31.5 Å². The van der Waals surface area contributed by atoms with Crippen molar-refractivity contribution < 1.29 is 14.2 Å². The molecule has 4 nitrogen and oxygen atoms in total. The first-order chi connectivity index (χ1) is 8.63. The maximum Gasteiger partial charge on any atom is 0.118 e. The molecule has 1 aromatic carbocycles. The number of rotatable bonds is 8. The highest BCUT2D eigenvalue weighted by Crippen LogP contribution is 2.16. The van der Waals surface area contributed by atoms with Crippen LogP contribution in [-0.4, -0.2) is 33.0 Å². The SMILES string of the molecule is COc1ccc(C(N)COCCOC(C)C)cc1. The second kappa shape index (κ2) is 8.08. The fourth-order valence-electron chi connectivity index (χ4n) is 1.50. The molecule has 4 heteroatoms. The summed E-state index contributed by atoms with van der Waals surface area (Å²) < 4.78 is 15.9. The van der Waals surface area contributed by atoms with Crippen LogP contribution in [0.4, 0.5) is 0 Å². The number of nitrogens with two attached hydrogens (primary N) is 1. The van der Waals surface area contributed by atoms with Crippen molar-refractivity contribution in [1.29, 1.82) is 0 Å². The lowest BCUT2D eigenvalue weighted by molar-refractivity contribution is 0.0161. The van der Waals surface area contributed by atoms with Gasteiger partial charge in [0.1, 0.15) is 5.75 Å². The van der Waals surface area contributed by atoms with Crippen LogP contribution in [0.3, 0.4) is 0 Å². The van der Waals surface area contributed by atoms with Crippen LogP contribution in [0.5, 0.6) is 5.75 Å². The average molecular weight is 253 g/mol. The largest absolute Gasteiger partial charge is 0.497 e. The van der Waals surface area contributed by atoms with E-state index >= 15 is 0 Å². The lowest BCUT2D eigenvalue weighted by atomic mass is 10.1. The summed E-state index contributed by atoms with van der Waals surface area (Å²) in [7, 11) is 1.65. The standard InChI is InChI=1S/C14H23NO3/c1-11(2)18-9-8-17-10-14(15)12-4-6-13(16-3)7-5-12/h4-7,11,14H,8-10,15H2,1-3H3. The highest BCUT2D eigenvalue weighted by Gasteiger charge is 2.06. The number of hydrogen-bond donors (Lipinski definition) is 1. The molecule has 0 aliphatic rings. The molecule has 0 aliphatic carbocycles. The Morgan fingerprint density at radius 2 is 1.78 bits per heavy atom. The van der Waals surface area contributed by atoms with Crippen molar-refractivity contribution in [1.82, 2.24) is 0 Å². The van der Waals surface area contributed by atoms with Crippen molar-refractivity contribution >= 4 is 0 Å². The molecule has 2 N–H and O–H groups in total. The minimum atomic E-state index is -0.116. The smallest absolute Gasteiger partial charge is 0.118 e. The van der Waals surface area contributed by atoms with Gasteiger partial charge in [0.15, 0.2) is 0 Å². The van der Waals surface area contributed by atoms with E-state index in [1.807, 2.05) is 38.1 Å². The van der Waals surface area contributed by atoms with E-state index in [2.05, 4.69) is 0 Å². The van der Waals surface area contributed by atoms with Gasteiger partial charge in [-0.25, -0.2) is 0 Å². The van der Waals surface area contributed by atoms with Crippen LogP contribution < -0.4 is 10.5 Å². The summed E-state index contributed by atoms with van der Waals surface area (Å²) in [5.74, 6) is 0.831. The van der Waals surface area contributed by atoms with Crippen molar-refractivity contribution in [2.75, 3.05) is 26.9 Å². The Labute approximate surface area is 109 Å². The highest BCUT2D eigenvalue weighted by molar-refractivity contribution is 5.28. The van der Waals surface area contributed by atoms with Crippen molar-refractivity contribution in [2.45, 2.75) is 26.0 Å². The molecule has 0 saturated heterocycles. The molecule has 0 fully saturated rings. The summed E-state index contributed by atoms with van der Waals surface area (Å²) in [6.07, 6.45) is 0.240. The van der Waals surface area contributed by atoms with Crippen LogP contribution in [0.25, 0.3) is 0 Å². The van der Waals surface area contributed by atoms with Gasteiger partial charge in [0, 0.05) is 0 Å². The van der Waals surface area contributed by atoms with Gasteiger partial charge in [0.2, 0.25) is 0 Å². The third kappa shape index (κ3) is 5.49. The van der Waals surface area contributed by atoms with Crippen molar-refractivity contribution in [3.8, 4) is 5.75 Å². The van der Waals surface area contributed by atoms with Crippen molar-refractivity contribution in [3.63, 3.8) is 0 Å². The molecule has 0 aliphatic heterocycles. The first kappa shape index (κ1) is 15.0. The summed E-state index contributed by atoms with van der Waals surface area (Å²) in [4.78, 5) is 0. The van der Waals surface area contributed by atoms with Gasteiger partial charge in [-0.3, -0.25) is 0 Å². The number of hydrogen-bond acceptors (Lipinski definition) is 4. The summed E-state index contributed by atoms with van der Waals surface area (Å²) in [5.41, 5.74) is 7.06. The molecular formula is C14H23NO3. The highest BCUT2D eigenvalue weighted by atomic mass is 16.5. The van der Waals surface area contributed by atoms with E-state index in [4.69, 9.17) is 19.9 Å². The van der Waals surface area contributed by atoms with Gasteiger partial charge in [-0.1, -0.05) is 12.1 Å². The molecule has 1 rings (SSSR count). The summed E-state index contributed by atoms with van der Waals surface area (Å²) in [6.45, 7) is 5.68. The van der Waals surface area contributed by atoms with E-state index in [0.29, 0.717) is 19.8 Å². The van der Waals surface area contributed by atoms with Crippen LogP contribution in [0.1, 0.15) is 25.5 Å². The predicted molar refractivity (Wildman–Crippen MR) is 71.8 cm³/mol. The summed E-state index contributed by atoms with van der Waals surface area (Å²) >= 11 is 0. The molecule has 0 bridgehead atoms. The fourth-order valence-corrected chi connectivity index (χ4v) is 1.50. The molecule has 0 spiro atoms.